The molecule has 122 valence electrons. The predicted molar refractivity (Wildman–Crippen MR) is 84.2 cm³/mol. The van der Waals surface area contributed by atoms with Gasteiger partial charge in [0.05, 0.1) is 6.42 Å². The van der Waals surface area contributed by atoms with Crippen molar-refractivity contribution < 1.29 is 14.3 Å². The predicted octanol–water partition coefficient (Wildman–Crippen LogP) is 3.33. The van der Waals surface area contributed by atoms with Gasteiger partial charge in [0.2, 0.25) is 0 Å². The van der Waals surface area contributed by atoms with E-state index in [9.17, 15) is 9.59 Å². The van der Waals surface area contributed by atoms with Crippen LogP contribution >= 0.6 is 0 Å². The van der Waals surface area contributed by atoms with Gasteiger partial charge in [0.25, 0.3) is 0 Å². The van der Waals surface area contributed by atoms with E-state index in [4.69, 9.17) is 4.74 Å². The van der Waals surface area contributed by atoms with Crippen LogP contribution in [0.1, 0.15) is 73.6 Å². The second kappa shape index (κ2) is 6.91. The van der Waals surface area contributed by atoms with E-state index in [2.05, 4.69) is 39.5 Å². The Morgan fingerprint density at radius 1 is 1.10 bits per heavy atom. The molecule has 0 N–H and O–H groups in total. The quantitative estimate of drug-likeness (QED) is 0.706. The molecular weight excluding hydrogens is 266 g/mol. The lowest BCUT2D eigenvalue weighted by Crippen LogP contribution is -2.62. The summed E-state index contributed by atoms with van der Waals surface area (Å²) in [5.74, 6) is -0.212. The first kappa shape index (κ1) is 18.1. The highest BCUT2D eigenvalue weighted by Gasteiger charge is 2.45. The fraction of sp³-hybridized carbons (Fsp3) is 0.882. The molecule has 21 heavy (non-hydrogen) atoms. The Hall–Kier alpha value is -0.900. The maximum atomic E-state index is 11.9. The zero-order valence-electron chi connectivity index (χ0n) is 14.5. The SMILES string of the molecule is CCCN1C(C)(C)CC(OC(=O)CCC(C)=O)CC1(C)C. The summed E-state index contributed by atoms with van der Waals surface area (Å²) in [5, 5.41) is 0. The summed E-state index contributed by atoms with van der Waals surface area (Å²) in [4.78, 5) is 25.3. The molecule has 4 heteroatoms. The molecule has 0 radical (unpaired) electrons. The number of ketones is 1. The molecule has 0 amide bonds. The highest BCUT2D eigenvalue weighted by Crippen LogP contribution is 2.39. The zero-order chi connectivity index (χ0) is 16.3. The van der Waals surface area contributed by atoms with E-state index in [1.165, 1.54) is 6.92 Å². The van der Waals surface area contributed by atoms with Crippen LogP contribution in [0.5, 0.6) is 0 Å². The van der Waals surface area contributed by atoms with Crippen molar-refractivity contribution in [3.8, 4) is 0 Å². The Balaban J connectivity index is 2.68. The smallest absolute Gasteiger partial charge is 0.306 e. The molecule has 0 atom stereocenters. The third-order valence-corrected chi connectivity index (χ3v) is 4.34. The van der Waals surface area contributed by atoms with Crippen LogP contribution in [-0.4, -0.2) is 40.4 Å². The van der Waals surface area contributed by atoms with Crippen LogP contribution in [0.25, 0.3) is 0 Å². The van der Waals surface area contributed by atoms with E-state index in [-0.39, 0.29) is 41.8 Å². The maximum absolute atomic E-state index is 11.9. The van der Waals surface area contributed by atoms with Crippen molar-refractivity contribution in [3.63, 3.8) is 0 Å². The van der Waals surface area contributed by atoms with Gasteiger partial charge in [-0.2, -0.15) is 0 Å². The second-order valence-electron chi connectivity index (χ2n) is 7.50. The van der Waals surface area contributed by atoms with E-state index in [0.29, 0.717) is 0 Å². The van der Waals surface area contributed by atoms with Gasteiger partial charge in [-0.25, -0.2) is 0 Å². The van der Waals surface area contributed by atoms with Crippen molar-refractivity contribution in [2.24, 2.45) is 0 Å². The Morgan fingerprint density at radius 2 is 1.62 bits per heavy atom. The number of likely N-dealkylation sites (tertiary alicyclic amines) is 1. The first-order chi connectivity index (χ1) is 9.58. The number of piperidine rings is 1. The molecule has 1 heterocycles. The average Bonchev–Trinajstić information content (AvgIpc) is 2.30. The van der Waals surface area contributed by atoms with E-state index in [1.54, 1.807) is 0 Å². The molecule has 0 spiro atoms. The summed E-state index contributed by atoms with van der Waals surface area (Å²) in [6.45, 7) is 13.6. The third-order valence-electron chi connectivity index (χ3n) is 4.34. The highest BCUT2D eigenvalue weighted by atomic mass is 16.5. The molecule has 0 aromatic carbocycles. The van der Waals surface area contributed by atoms with Gasteiger partial charge in [-0.1, -0.05) is 6.92 Å². The van der Waals surface area contributed by atoms with E-state index in [0.717, 1.165) is 25.8 Å². The molecule has 1 rings (SSSR count). The molecule has 1 aliphatic rings. The summed E-state index contributed by atoms with van der Waals surface area (Å²) in [6.07, 6.45) is 3.24. The summed E-state index contributed by atoms with van der Waals surface area (Å²) in [7, 11) is 0. The average molecular weight is 297 g/mol. The first-order valence-electron chi connectivity index (χ1n) is 8.05. The normalized spacial score (nSPS) is 22.0. The van der Waals surface area contributed by atoms with Gasteiger partial charge >= 0.3 is 5.97 Å². The van der Waals surface area contributed by atoms with Crippen LogP contribution in [0.2, 0.25) is 0 Å². The molecule has 0 aromatic heterocycles. The summed E-state index contributed by atoms with van der Waals surface area (Å²) < 4.78 is 5.62. The van der Waals surface area contributed by atoms with Gasteiger partial charge in [0.1, 0.15) is 11.9 Å². The molecule has 0 unspecified atom stereocenters. The lowest BCUT2D eigenvalue weighted by Gasteiger charge is -2.55. The standard InChI is InChI=1S/C17H31NO3/c1-7-10-18-16(3,4)11-14(12-17(18,5)6)21-15(20)9-8-13(2)19/h14H,7-12H2,1-6H3. The summed E-state index contributed by atoms with van der Waals surface area (Å²) in [5.41, 5.74) is 0.0343. The number of Topliss-reactive ketones (excluding diaryl/α,β-unsaturated/α-hetero) is 1. The van der Waals surface area contributed by atoms with Crippen molar-refractivity contribution in [2.45, 2.75) is 90.8 Å². The number of carbonyl (C=O) groups is 2. The minimum Gasteiger partial charge on any atom is -0.462 e. The van der Waals surface area contributed by atoms with Crippen LogP contribution in [0.15, 0.2) is 0 Å². The van der Waals surface area contributed by atoms with E-state index < -0.39 is 0 Å². The van der Waals surface area contributed by atoms with Crippen LogP contribution < -0.4 is 0 Å². The molecule has 1 aliphatic heterocycles. The van der Waals surface area contributed by atoms with Crippen LogP contribution in [-0.2, 0) is 14.3 Å². The van der Waals surface area contributed by atoms with Gasteiger partial charge < -0.3 is 9.53 Å². The molecule has 4 nitrogen and oxygen atoms in total. The summed E-state index contributed by atoms with van der Waals surface area (Å²) >= 11 is 0. The Labute approximate surface area is 129 Å². The fourth-order valence-electron chi connectivity index (χ4n) is 3.66. The first-order valence-corrected chi connectivity index (χ1v) is 8.05. The topological polar surface area (TPSA) is 46.6 Å². The lowest BCUT2D eigenvalue weighted by molar-refractivity contribution is -0.161. The number of nitrogens with zero attached hydrogens (tertiary/aromatic N) is 1. The van der Waals surface area contributed by atoms with Gasteiger partial charge in [-0.05, 0) is 47.6 Å². The number of ether oxygens (including phenoxy) is 1. The summed E-state index contributed by atoms with van der Waals surface area (Å²) in [6, 6.07) is 0. The largest absolute Gasteiger partial charge is 0.462 e. The Kier molecular flexibility index (Phi) is 5.97. The maximum Gasteiger partial charge on any atom is 0.306 e. The van der Waals surface area contributed by atoms with Gasteiger partial charge in [0, 0.05) is 30.3 Å². The van der Waals surface area contributed by atoms with Crippen LogP contribution in [0.3, 0.4) is 0 Å². The van der Waals surface area contributed by atoms with Gasteiger partial charge in [-0.15, -0.1) is 0 Å². The minimum atomic E-state index is -0.245. The fourth-order valence-corrected chi connectivity index (χ4v) is 3.66. The van der Waals surface area contributed by atoms with Crippen molar-refractivity contribution in [3.05, 3.63) is 0 Å². The van der Waals surface area contributed by atoms with Crippen molar-refractivity contribution in [2.75, 3.05) is 6.54 Å². The Bertz CT molecular complexity index is 369. The molecular formula is C17H31NO3. The number of hydrogen-bond donors (Lipinski definition) is 0. The number of esters is 1. The molecule has 0 aromatic rings. The molecule has 0 bridgehead atoms. The van der Waals surface area contributed by atoms with Gasteiger partial charge in [0.15, 0.2) is 0 Å². The van der Waals surface area contributed by atoms with Crippen molar-refractivity contribution >= 4 is 11.8 Å². The van der Waals surface area contributed by atoms with E-state index >= 15 is 0 Å². The zero-order valence-corrected chi connectivity index (χ0v) is 14.5. The van der Waals surface area contributed by atoms with Gasteiger partial charge in [-0.3, -0.25) is 9.69 Å². The second-order valence-corrected chi connectivity index (χ2v) is 7.50. The molecule has 0 saturated carbocycles. The monoisotopic (exact) mass is 297 g/mol. The number of hydrogen-bond acceptors (Lipinski definition) is 4. The van der Waals surface area contributed by atoms with E-state index in [1.807, 2.05) is 0 Å². The van der Waals surface area contributed by atoms with Crippen molar-refractivity contribution in [1.82, 2.24) is 4.90 Å². The third kappa shape index (κ3) is 5.10. The highest BCUT2D eigenvalue weighted by molar-refractivity contribution is 5.81. The number of rotatable bonds is 6. The molecule has 1 saturated heterocycles. The lowest BCUT2D eigenvalue weighted by atomic mass is 9.78. The number of carbonyl (C=O) groups excluding carboxylic acids is 2. The van der Waals surface area contributed by atoms with Crippen LogP contribution in [0.4, 0.5) is 0 Å². The van der Waals surface area contributed by atoms with Crippen LogP contribution in [0, 0.1) is 0 Å². The molecule has 1 fully saturated rings. The Morgan fingerprint density at radius 3 is 2.05 bits per heavy atom. The molecule has 0 aliphatic carbocycles. The van der Waals surface area contributed by atoms with Crippen molar-refractivity contribution in [1.29, 1.82) is 0 Å². The minimum absolute atomic E-state index is 0.0171.